The van der Waals surface area contributed by atoms with Gasteiger partial charge in [0, 0.05) is 1.43 Å². The highest BCUT2D eigenvalue weighted by molar-refractivity contribution is 5.73. The number of imidazole rings is 1. The van der Waals surface area contributed by atoms with Gasteiger partial charge < -0.3 is 4.98 Å². The van der Waals surface area contributed by atoms with E-state index in [4.69, 9.17) is 0 Å². The van der Waals surface area contributed by atoms with Crippen molar-refractivity contribution in [3.63, 3.8) is 0 Å². The molecule has 0 saturated carbocycles. The molecular weight excluding hydrogens is 160 g/mol. The highest BCUT2D eigenvalue weighted by Gasteiger charge is 1.88. The fraction of sp³-hybridized carbons (Fsp3) is 0.364. The molecule has 0 atom stereocenters. The number of benzene rings is 1. The number of aromatic amines is 1. The molecule has 0 spiro atoms. The van der Waals surface area contributed by atoms with E-state index in [0.717, 1.165) is 17.0 Å². The zero-order valence-electron chi connectivity index (χ0n) is 8.41. The molecule has 2 nitrogen and oxygen atoms in total. The molecule has 1 N–H and O–H groups in total. The number of fused-ring (bicyclic) bond motifs is 1. The summed E-state index contributed by atoms with van der Waals surface area (Å²) >= 11 is 0. The number of hydrogen-bond donors (Lipinski definition) is 1. The van der Waals surface area contributed by atoms with E-state index in [2.05, 4.69) is 30.7 Å². The van der Waals surface area contributed by atoms with Gasteiger partial charge in [0.15, 0.2) is 0 Å². The summed E-state index contributed by atoms with van der Waals surface area (Å²) in [5, 5.41) is 0. The molecule has 2 aromatic rings. The number of H-pyrrole nitrogens is 1. The Balaban J connectivity index is 0.000000299. The van der Waals surface area contributed by atoms with Crippen molar-refractivity contribution in [1.82, 2.24) is 9.97 Å². The molecule has 1 heterocycles. The summed E-state index contributed by atoms with van der Waals surface area (Å²) in [4.78, 5) is 7.07. The highest BCUT2D eigenvalue weighted by Crippen LogP contribution is 2.05. The van der Waals surface area contributed by atoms with Gasteiger partial charge >= 0.3 is 0 Å². The summed E-state index contributed by atoms with van der Waals surface area (Å²) in [6.45, 7) is 6.50. The zero-order valence-corrected chi connectivity index (χ0v) is 8.41. The standard InChI is InChI=1S/C7H6N2.C4H10.H2/c1-2-4-7-6(3-1)8-5-9-7;1-4(2)3;/h1-5H,(H,8,9);4H,1-3H3;1H. The van der Waals surface area contributed by atoms with Gasteiger partial charge in [0.2, 0.25) is 0 Å². The molecule has 0 unspecified atom stereocenters. The summed E-state index contributed by atoms with van der Waals surface area (Å²) in [6, 6.07) is 7.94. The Morgan fingerprint density at radius 1 is 1.23 bits per heavy atom. The van der Waals surface area contributed by atoms with Gasteiger partial charge in [-0.25, -0.2) is 4.98 Å². The molecule has 0 radical (unpaired) electrons. The summed E-state index contributed by atoms with van der Waals surface area (Å²) in [5.41, 5.74) is 2.12. The van der Waals surface area contributed by atoms with Gasteiger partial charge in [-0.2, -0.15) is 0 Å². The molecule has 72 valence electrons. The van der Waals surface area contributed by atoms with Crippen molar-refractivity contribution in [2.75, 3.05) is 0 Å². The molecule has 1 aromatic carbocycles. The number of nitrogens with one attached hydrogen (secondary N) is 1. The number of nitrogens with zero attached hydrogens (tertiary/aromatic N) is 1. The average molecular weight is 178 g/mol. The van der Waals surface area contributed by atoms with E-state index in [-0.39, 0.29) is 1.43 Å². The summed E-state index contributed by atoms with van der Waals surface area (Å²) in [7, 11) is 0. The number of hydrogen-bond acceptors (Lipinski definition) is 1. The lowest BCUT2D eigenvalue weighted by Gasteiger charge is -1.81. The fourth-order valence-corrected chi connectivity index (χ4v) is 0.880. The first kappa shape index (κ1) is 9.78. The maximum Gasteiger partial charge on any atom is 0.0931 e. The highest BCUT2D eigenvalue weighted by atomic mass is 14.9. The van der Waals surface area contributed by atoms with Gasteiger partial charge in [-0.1, -0.05) is 32.9 Å². The Morgan fingerprint density at radius 3 is 2.46 bits per heavy atom. The van der Waals surface area contributed by atoms with Crippen molar-refractivity contribution in [2.24, 2.45) is 5.92 Å². The van der Waals surface area contributed by atoms with Crippen LogP contribution in [0.5, 0.6) is 0 Å². The number of rotatable bonds is 0. The second-order valence-electron chi connectivity index (χ2n) is 3.65. The van der Waals surface area contributed by atoms with Crippen molar-refractivity contribution in [1.29, 1.82) is 0 Å². The third-order valence-electron chi connectivity index (χ3n) is 1.33. The lowest BCUT2D eigenvalue weighted by atomic mass is 10.3. The quantitative estimate of drug-likeness (QED) is 0.657. The van der Waals surface area contributed by atoms with Crippen LogP contribution in [0.1, 0.15) is 22.2 Å². The van der Waals surface area contributed by atoms with Crippen LogP contribution in [0.4, 0.5) is 0 Å². The van der Waals surface area contributed by atoms with Crippen LogP contribution in [-0.2, 0) is 0 Å². The smallest absolute Gasteiger partial charge is 0.0931 e. The normalized spacial score (nSPS) is 9.85. The van der Waals surface area contributed by atoms with Crippen molar-refractivity contribution in [2.45, 2.75) is 20.8 Å². The van der Waals surface area contributed by atoms with E-state index < -0.39 is 0 Å². The summed E-state index contributed by atoms with van der Waals surface area (Å²) in [5.74, 6) is 0.833. The third kappa shape index (κ3) is 3.28. The third-order valence-corrected chi connectivity index (χ3v) is 1.33. The molecule has 2 rings (SSSR count). The van der Waals surface area contributed by atoms with Crippen molar-refractivity contribution in [3.8, 4) is 0 Å². The number of para-hydroxylation sites is 2. The minimum absolute atomic E-state index is 0. The Hall–Kier alpha value is -1.31. The Kier molecular flexibility index (Phi) is 3.50. The van der Waals surface area contributed by atoms with Crippen LogP contribution in [0.15, 0.2) is 30.6 Å². The Bertz CT molecular complexity index is 322. The van der Waals surface area contributed by atoms with Crippen molar-refractivity contribution < 1.29 is 1.43 Å². The minimum atomic E-state index is 0. The Labute approximate surface area is 80.5 Å². The maximum absolute atomic E-state index is 4.06. The van der Waals surface area contributed by atoms with Gasteiger partial charge in [0.25, 0.3) is 0 Å². The molecule has 0 bridgehead atoms. The van der Waals surface area contributed by atoms with E-state index >= 15 is 0 Å². The molecule has 0 fully saturated rings. The summed E-state index contributed by atoms with van der Waals surface area (Å²) in [6.07, 6.45) is 1.70. The second kappa shape index (κ2) is 4.65. The maximum atomic E-state index is 4.06. The predicted molar refractivity (Wildman–Crippen MR) is 58.7 cm³/mol. The Morgan fingerprint density at radius 2 is 1.85 bits per heavy atom. The van der Waals surface area contributed by atoms with E-state index in [9.17, 15) is 0 Å². The molecule has 1 aromatic heterocycles. The molecule has 13 heavy (non-hydrogen) atoms. The summed E-state index contributed by atoms with van der Waals surface area (Å²) < 4.78 is 0. The van der Waals surface area contributed by atoms with Crippen LogP contribution < -0.4 is 0 Å². The predicted octanol–water partition coefficient (Wildman–Crippen LogP) is 3.47. The minimum Gasteiger partial charge on any atom is -0.345 e. The first-order valence-corrected chi connectivity index (χ1v) is 4.58. The SMILES string of the molecule is CC(C)C.[HH].c1ccc2[nH]cnc2c1. The molecule has 0 aliphatic rings. The van der Waals surface area contributed by atoms with Crippen LogP contribution in [0, 0.1) is 5.92 Å². The van der Waals surface area contributed by atoms with Crippen LogP contribution in [-0.4, -0.2) is 9.97 Å². The fourth-order valence-electron chi connectivity index (χ4n) is 0.880. The van der Waals surface area contributed by atoms with Crippen LogP contribution in [0.2, 0.25) is 0 Å². The topological polar surface area (TPSA) is 28.7 Å². The van der Waals surface area contributed by atoms with Crippen molar-refractivity contribution in [3.05, 3.63) is 30.6 Å². The largest absolute Gasteiger partial charge is 0.345 e. The van der Waals surface area contributed by atoms with E-state index in [1.165, 1.54) is 0 Å². The molecule has 0 aliphatic heterocycles. The first-order valence-electron chi connectivity index (χ1n) is 4.58. The van der Waals surface area contributed by atoms with Gasteiger partial charge in [-0.15, -0.1) is 0 Å². The second-order valence-corrected chi connectivity index (χ2v) is 3.65. The monoisotopic (exact) mass is 178 g/mol. The lowest BCUT2D eigenvalue weighted by molar-refractivity contribution is 0.737. The van der Waals surface area contributed by atoms with Gasteiger partial charge in [-0.3, -0.25) is 0 Å². The van der Waals surface area contributed by atoms with Gasteiger partial charge in [0.1, 0.15) is 0 Å². The average Bonchev–Trinajstić information content (AvgIpc) is 2.49. The lowest BCUT2D eigenvalue weighted by Crippen LogP contribution is -1.66. The number of aromatic nitrogens is 2. The molecule has 2 heteroatoms. The van der Waals surface area contributed by atoms with Crippen molar-refractivity contribution >= 4 is 11.0 Å². The van der Waals surface area contributed by atoms with E-state index in [1.807, 2.05) is 24.3 Å². The van der Waals surface area contributed by atoms with Crippen LogP contribution in [0.3, 0.4) is 0 Å². The van der Waals surface area contributed by atoms with Crippen LogP contribution >= 0.6 is 0 Å². The van der Waals surface area contributed by atoms with E-state index in [1.54, 1.807) is 6.33 Å². The molecule has 0 saturated heterocycles. The molecular formula is C11H18N2. The van der Waals surface area contributed by atoms with Gasteiger partial charge in [-0.05, 0) is 18.1 Å². The molecule has 0 amide bonds. The van der Waals surface area contributed by atoms with Gasteiger partial charge in [0.05, 0.1) is 17.4 Å². The van der Waals surface area contributed by atoms with E-state index in [0.29, 0.717) is 0 Å². The molecule has 0 aliphatic carbocycles. The first-order chi connectivity index (χ1) is 6.20. The zero-order chi connectivity index (χ0) is 9.68. The van der Waals surface area contributed by atoms with Crippen LogP contribution in [0.25, 0.3) is 11.0 Å².